The maximum atomic E-state index is 13.3. The number of carbonyl (C=O) groups is 2. The molecule has 0 aromatic carbocycles. The van der Waals surface area contributed by atoms with Gasteiger partial charge >= 0.3 is 6.18 Å². The Bertz CT molecular complexity index is 802. The number of hydrogen-bond acceptors (Lipinski definition) is 5. The van der Waals surface area contributed by atoms with Crippen LogP contribution in [0.3, 0.4) is 0 Å². The fraction of sp³-hybridized carbons (Fsp3) is 0.600. The molecule has 146 valence electrons. The second-order valence-corrected chi connectivity index (χ2v) is 8.70. The molecule has 0 aliphatic carbocycles. The second-order valence-electron chi connectivity index (χ2n) is 6.34. The predicted octanol–water partition coefficient (Wildman–Crippen LogP) is 1.14. The zero-order valence-electron chi connectivity index (χ0n) is 14.3. The number of likely N-dealkylation sites (tertiary alicyclic amines) is 1. The van der Waals surface area contributed by atoms with E-state index in [4.69, 9.17) is 4.42 Å². The minimum Gasteiger partial charge on any atom is -0.469 e. The first kappa shape index (κ1) is 20.3. The van der Waals surface area contributed by atoms with Gasteiger partial charge in [0.2, 0.25) is 5.91 Å². The smallest absolute Gasteiger partial charge is 0.395 e. The van der Waals surface area contributed by atoms with E-state index in [1.165, 1.54) is 19.3 Å². The number of sulfone groups is 1. The third-order valence-corrected chi connectivity index (χ3v) is 5.95. The number of carbonyl (C=O) groups excluding carboxylic acids is 2. The van der Waals surface area contributed by atoms with Crippen molar-refractivity contribution >= 4 is 21.7 Å². The first-order valence-corrected chi connectivity index (χ1v) is 9.67. The number of alkyl halides is 3. The molecule has 2 amide bonds. The summed E-state index contributed by atoms with van der Waals surface area (Å²) in [5.74, 6) is -3.38. The fourth-order valence-electron chi connectivity index (χ4n) is 2.72. The van der Waals surface area contributed by atoms with Crippen LogP contribution in [0.5, 0.6) is 0 Å². The van der Waals surface area contributed by atoms with Crippen molar-refractivity contribution in [1.29, 1.82) is 0 Å². The van der Waals surface area contributed by atoms with E-state index in [0.29, 0.717) is 0 Å². The molecule has 1 aromatic heterocycles. The molecule has 11 heteroatoms. The lowest BCUT2D eigenvalue weighted by atomic mass is 10.0. The van der Waals surface area contributed by atoms with Crippen molar-refractivity contribution in [3.8, 4) is 0 Å². The second kappa shape index (κ2) is 6.93. The predicted molar refractivity (Wildman–Crippen MR) is 85.1 cm³/mol. The normalized spacial score (nSPS) is 22.3. The molecule has 1 N–H and O–H groups in total. The minimum atomic E-state index is -4.66. The molecule has 3 atom stereocenters. The van der Waals surface area contributed by atoms with Crippen LogP contribution in [0.4, 0.5) is 13.2 Å². The van der Waals surface area contributed by atoms with Gasteiger partial charge in [0.1, 0.15) is 11.0 Å². The molecule has 1 saturated heterocycles. The van der Waals surface area contributed by atoms with Crippen molar-refractivity contribution in [2.75, 3.05) is 19.3 Å². The van der Waals surface area contributed by atoms with E-state index in [-0.39, 0.29) is 17.9 Å². The van der Waals surface area contributed by atoms with Gasteiger partial charge in [0.25, 0.3) is 5.91 Å². The van der Waals surface area contributed by atoms with Crippen LogP contribution in [0.1, 0.15) is 23.0 Å². The van der Waals surface area contributed by atoms with Crippen LogP contribution in [0.2, 0.25) is 0 Å². The highest BCUT2D eigenvalue weighted by molar-refractivity contribution is 7.92. The number of hydrogen-bond donors (Lipinski definition) is 1. The van der Waals surface area contributed by atoms with Crippen LogP contribution in [0.15, 0.2) is 16.7 Å². The van der Waals surface area contributed by atoms with Crippen LogP contribution in [-0.2, 0) is 14.6 Å². The average Bonchev–Trinajstić information content (AvgIpc) is 3.10. The molecule has 0 radical (unpaired) electrons. The minimum absolute atomic E-state index is 0.141. The quantitative estimate of drug-likeness (QED) is 0.823. The van der Waals surface area contributed by atoms with Crippen molar-refractivity contribution in [1.82, 2.24) is 10.2 Å². The Morgan fingerprint density at radius 1 is 1.35 bits per heavy atom. The SMILES string of the molecule is Cc1occc1C(=O)N1C[C@@H](C(F)(F)F)[C@H](NC(=O)C(C)S(C)(=O)=O)C1. The van der Waals surface area contributed by atoms with Crippen molar-refractivity contribution in [2.45, 2.75) is 31.3 Å². The van der Waals surface area contributed by atoms with E-state index in [9.17, 15) is 31.2 Å². The molecule has 0 bridgehead atoms. The lowest BCUT2D eigenvalue weighted by Gasteiger charge is -2.23. The highest BCUT2D eigenvalue weighted by atomic mass is 32.2. The number of amides is 2. The Kier molecular flexibility index (Phi) is 5.41. The molecule has 2 rings (SSSR count). The molecule has 2 heterocycles. The van der Waals surface area contributed by atoms with Crippen molar-refractivity contribution in [3.63, 3.8) is 0 Å². The number of aryl methyl sites for hydroxylation is 1. The molecule has 1 aliphatic rings. The molecule has 26 heavy (non-hydrogen) atoms. The van der Waals surface area contributed by atoms with Crippen molar-refractivity contribution in [2.24, 2.45) is 5.92 Å². The van der Waals surface area contributed by atoms with Gasteiger partial charge in [-0.25, -0.2) is 8.42 Å². The van der Waals surface area contributed by atoms with Gasteiger partial charge in [-0.15, -0.1) is 0 Å². The van der Waals surface area contributed by atoms with Crippen LogP contribution < -0.4 is 5.32 Å². The van der Waals surface area contributed by atoms with Gasteiger partial charge in [-0.1, -0.05) is 0 Å². The van der Waals surface area contributed by atoms with Gasteiger partial charge in [0, 0.05) is 19.3 Å². The van der Waals surface area contributed by atoms with Gasteiger partial charge in [0.15, 0.2) is 9.84 Å². The number of nitrogens with one attached hydrogen (secondary N) is 1. The molecule has 0 spiro atoms. The van der Waals surface area contributed by atoms with Crippen LogP contribution in [-0.4, -0.2) is 61.9 Å². The molecule has 1 aromatic rings. The first-order valence-electron chi connectivity index (χ1n) is 7.71. The third kappa shape index (κ3) is 4.19. The molecular formula is C15H19F3N2O5S. The standard InChI is InChI=1S/C15H19F3N2O5S/c1-8-10(4-5-25-8)14(22)20-6-11(15(16,17)18)12(7-20)19-13(21)9(2)26(3,23)24/h4-5,9,11-12H,6-7H2,1-3H3,(H,19,21)/t9?,11-,12-/m1/s1. The van der Waals surface area contributed by atoms with E-state index in [1.807, 2.05) is 0 Å². The Morgan fingerprint density at radius 3 is 2.42 bits per heavy atom. The summed E-state index contributed by atoms with van der Waals surface area (Å²) in [6, 6.07) is -0.0689. The first-order chi connectivity index (χ1) is 11.8. The Morgan fingerprint density at radius 2 is 1.96 bits per heavy atom. The van der Waals surface area contributed by atoms with Gasteiger partial charge in [-0.05, 0) is 19.9 Å². The Balaban J connectivity index is 2.20. The zero-order valence-corrected chi connectivity index (χ0v) is 15.1. The van der Waals surface area contributed by atoms with Gasteiger partial charge in [0.05, 0.1) is 23.8 Å². The lowest BCUT2D eigenvalue weighted by Crippen LogP contribution is -2.49. The molecule has 1 fully saturated rings. The maximum Gasteiger partial charge on any atom is 0.395 e. The zero-order chi connectivity index (χ0) is 19.9. The van der Waals surface area contributed by atoms with Crippen molar-refractivity contribution in [3.05, 3.63) is 23.7 Å². The van der Waals surface area contributed by atoms with Gasteiger partial charge in [-0.2, -0.15) is 13.2 Å². The van der Waals surface area contributed by atoms with Crippen LogP contribution in [0, 0.1) is 12.8 Å². The summed E-state index contributed by atoms with van der Waals surface area (Å²) in [5.41, 5.74) is 0.141. The van der Waals surface area contributed by atoms with Gasteiger partial charge < -0.3 is 14.6 Å². The van der Waals surface area contributed by atoms with E-state index in [0.717, 1.165) is 18.1 Å². The summed E-state index contributed by atoms with van der Waals surface area (Å²) in [5, 5.41) is 0.642. The van der Waals surface area contributed by atoms with Crippen molar-refractivity contribution < 1.29 is 35.6 Å². The summed E-state index contributed by atoms with van der Waals surface area (Å²) in [4.78, 5) is 25.4. The Hall–Kier alpha value is -2.04. The molecular weight excluding hydrogens is 377 g/mol. The average molecular weight is 396 g/mol. The fourth-order valence-corrected chi connectivity index (χ4v) is 3.18. The van der Waals surface area contributed by atoms with Crippen LogP contribution in [0.25, 0.3) is 0 Å². The summed E-state index contributed by atoms with van der Waals surface area (Å²) in [7, 11) is -3.75. The molecule has 7 nitrogen and oxygen atoms in total. The monoisotopic (exact) mass is 396 g/mol. The summed E-state index contributed by atoms with van der Waals surface area (Å²) in [6.45, 7) is 1.60. The highest BCUT2D eigenvalue weighted by Gasteiger charge is 2.51. The summed E-state index contributed by atoms with van der Waals surface area (Å²) < 4.78 is 67.8. The van der Waals surface area contributed by atoms with E-state index in [1.54, 1.807) is 0 Å². The summed E-state index contributed by atoms with van der Waals surface area (Å²) in [6.07, 6.45) is -2.58. The number of rotatable bonds is 4. The van der Waals surface area contributed by atoms with Crippen LogP contribution >= 0.6 is 0 Å². The molecule has 1 aliphatic heterocycles. The highest BCUT2D eigenvalue weighted by Crippen LogP contribution is 2.34. The third-order valence-electron chi connectivity index (χ3n) is 4.46. The van der Waals surface area contributed by atoms with E-state index in [2.05, 4.69) is 5.32 Å². The topological polar surface area (TPSA) is 96.7 Å². The number of nitrogens with zero attached hydrogens (tertiary/aromatic N) is 1. The Labute approximate surface area is 148 Å². The maximum absolute atomic E-state index is 13.3. The van der Waals surface area contributed by atoms with E-state index < -0.39 is 51.6 Å². The summed E-state index contributed by atoms with van der Waals surface area (Å²) >= 11 is 0. The number of furan rings is 1. The van der Waals surface area contributed by atoms with Gasteiger partial charge in [-0.3, -0.25) is 9.59 Å². The number of halogens is 3. The lowest BCUT2D eigenvalue weighted by molar-refractivity contribution is -0.175. The molecule has 1 unspecified atom stereocenters. The molecule has 0 saturated carbocycles. The van der Waals surface area contributed by atoms with E-state index >= 15 is 0 Å². The largest absolute Gasteiger partial charge is 0.469 e.